The monoisotopic (exact) mass is 496 g/mol. The first-order chi connectivity index (χ1) is 11.3. The Balaban J connectivity index is 0.00000101. The van der Waals surface area contributed by atoms with E-state index in [-0.39, 0.29) is 19.7 Å². The number of halogens is 2. The topological polar surface area (TPSA) is 29.5 Å². The van der Waals surface area contributed by atoms with Crippen LogP contribution < -0.4 is 0 Å². The molecule has 0 bridgehead atoms. The summed E-state index contributed by atoms with van der Waals surface area (Å²) in [6, 6.07) is 0. The summed E-state index contributed by atoms with van der Waals surface area (Å²) >= 11 is 7.45. The molecule has 148 valence electrons. The molecular formula is C20H38Br2O2Si. The molecule has 0 aliphatic heterocycles. The van der Waals surface area contributed by atoms with Crippen molar-refractivity contribution in [1.82, 2.24) is 0 Å². The van der Waals surface area contributed by atoms with E-state index >= 15 is 0 Å². The minimum Gasteiger partial charge on any atom is -0.388 e. The summed E-state index contributed by atoms with van der Waals surface area (Å²) in [4.78, 5) is 0.426. The van der Waals surface area contributed by atoms with Crippen LogP contribution in [0.3, 0.4) is 0 Å². The summed E-state index contributed by atoms with van der Waals surface area (Å²) in [5.41, 5.74) is 1.09. The zero-order valence-corrected chi connectivity index (χ0v) is 21.7. The zero-order valence-electron chi connectivity index (χ0n) is 17.5. The van der Waals surface area contributed by atoms with E-state index in [4.69, 9.17) is 4.74 Å². The summed E-state index contributed by atoms with van der Waals surface area (Å²) in [5.74, 6) is 0. The van der Waals surface area contributed by atoms with Gasteiger partial charge in [-0.05, 0) is 31.4 Å². The molecule has 1 aliphatic rings. The van der Waals surface area contributed by atoms with Crippen LogP contribution in [0.4, 0.5) is 0 Å². The van der Waals surface area contributed by atoms with Crippen molar-refractivity contribution in [2.45, 2.75) is 87.4 Å². The van der Waals surface area contributed by atoms with Crippen molar-refractivity contribution in [3.8, 4) is 0 Å². The van der Waals surface area contributed by atoms with E-state index in [1.54, 1.807) is 0 Å². The number of ether oxygens (including phenoxy) is 1. The second kappa shape index (κ2) is 10.2. The van der Waals surface area contributed by atoms with E-state index in [1.807, 2.05) is 13.8 Å². The second-order valence-electron chi connectivity index (χ2n) is 8.25. The predicted octanol–water partition coefficient (Wildman–Crippen LogP) is 6.70. The van der Waals surface area contributed by atoms with Crippen molar-refractivity contribution in [2.24, 2.45) is 0 Å². The van der Waals surface area contributed by atoms with Crippen LogP contribution in [0.2, 0.25) is 23.2 Å². The van der Waals surface area contributed by atoms with Gasteiger partial charge in [0.05, 0.1) is 14.2 Å². The quantitative estimate of drug-likeness (QED) is 0.338. The van der Waals surface area contributed by atoms with Gasteiger partial charge in [-0.25, -0.2) is 0 Å². The second-order valence-corrected chi connectivity index (χ2v) is 16.6. The van der Waals surface area contributed by atoms with E-state index in [9.17, 15) is 5.11 Å². The number of aliphatic hydroxyl groups is 1. The van der Waals surface area contributed by atoms with Crippen molar-refractivity contribution < 1.29 is 9.84 Å². The van der Waals surface area contributed by atoms with E-state index in [1.165, 1.54) is 0 Å². The molecule has 1 N–H and O–H groups in total. The molecule has 0 aromatic carbocycles. The predicted molar refractivity (Wildman–Crippen MR) is 122 cm³/mol. The molecule has 1 aliphatic carbocycles. The summed E-state index contributed by atoms with van der Waals surface area (Å²) in [5, 5.41) is 11.2. The van der Waals surface area contributed by atoms with Crippen LogP contribution in [0.5, 0.6) is 0 Å². The average molecular weight is 498 g/mol. The van der Waals surface area contributed by atoms with Gasteiger partial charge in [-0.1, -0.05) is 90.9 Å². The van der Waals surface area contributed by atoms with Gasteiger partial charge in [0.1, 0.15) is 0 Å². The lowest BCUT2D eigenvalue weighted by Gasteiger charge is -2.56. The highest BCUT2D eigenvalue weighted by molar-refractivity contribution is 9.09. The molecule has 0 fully saturated rings. The number of hydrogen-bond acceptors (Lipinski definition) is 2. The van der Waals surface area contributed by atoms with Gasteiger partial charge in [0, 0.05) is 27.9 Å². The Bertz CT molecular complexity index is 463. The lowest BCUT2D eigenvalue weighted by Crippen LogP contribution is -2.58. The Hall–Kier alpha value is 0.577. The zero-order chi connectivity index (χ0) is 20.1. The van der Waals surface area contributed by atoms with Gasteiger partial charge in [-0.15, -0.1) is 0 Å². The molecule has 0 saturated carbocycles. The highest BCUT2D eigenvalue weighted by atomic mass is 79.9. The first-order valence-corrected chi connectivity index (χ1v) is 14.1. The highest BCUT2D eigenvalue weighted by Gasteiger charge is 2.58. The number of allylic oxidation sites excluding steroid dienone is 2. The van der Waals surface area contributed by atoms with E-state index in [2.05, 4.69) is 97.8 Å². The largest absolute Gasteiger partial charge is 0.388 e. The SMILES string of the molecule is CC(Br)C1=CC=CC(C(C)Br)([Si](C)(C)C(C)(C)C)C1O.CCOCC. The standard InChI is InChI=1S/C16H28Br2OSi.C4H10O/c1-11(17)13-9-8-10-16(12(2)18,14(13)19)20(6,7)15(3,4)5;1-3-5-4-2/h8-12,14,19H,1-7H3;3-4H2,1-2H3. The third-order valence-corrected chi connectivity index (χ3v) is 14.4. The van der Waals surface area contributed by atoms with Crippen LogP contribution in [-0.4, -0.2) is 42.2 Å². The van der Waals surface area contributed by atoms with Gasteiger partial charge in [0.25, 0.3) is 0 Å². The lowest BCUT2D eigenvalue weighted by molar-refractivity contribution is 0.162. The molecule has 25 heavy (non-hydrogen) atoms. The Morgan fingerprint density at radius 3 is 1.96 bits per heavy atom. The van der Waals surface area contributed by atoms with E-state index in [0.717, 1.165) is 18.8 Å². The highest BCUT2D eigenvalue weighted by Crippen LogP contribution is 2.60. The van der Waals surface area contributed by atoms with Crippen molar-refractivity contribution in [3.05, 3.63) is 23.8 Å². The maximum Gasteiger partial charge on any atom is 0.0841 e. The fourth-order valence-corrected chi connectivity index (χ4v) is 9.56. The van der Waals surface area contributed by atoms with Gasteiger partial charge < -0.3 is 9.84 Å². The maximum absolute atomic E-state index is 11.2. The van der Waals surface area contributed by atoms with Crippen molar-refractivity contribution in [2.75, 3.05) is 13.2 Å². The number of alkyl halides is 2. The third-order valence-electron chi connectivity index (χ3n) is 5.91. The molecule has 4 atom stereocenters. The van der Waals surface area contributed by atoms with E-state index in [0.29, 0.717) is 0 Å². The minimum absolute atomic E-state index is 0.192. The lowest BCUT2D eigenvalue weighted by atomic mass is 9.86. The molecule has 0 spiro atoms. The van der Waals surface area contributed by atoms with Crippen LogP contribution >= 0.6 is 31.9 Å². The summed E-state index contributed by atoms with van der Waals surface area (Å²) in [6.07, 6.45) is 6.02. The molecule has 0 amide bonds. The molecule has 2 nitrogen and oxygen atoms in total. The normalized spacial score (nSPS) is 26.4. The molecule has 4 unspecified atom stereocenters. The Morgan fingerprint density at radius 1 is 1.20 bits per heavy atom. The van der Waals surface area contributed by atoms with Gasteiger partial charge in [-0.2, -0.15) is 0 Å². The van der Waals surface area contributed by atoms with Crippen LogP contribution in [0.1, 0.15) is 48.5 Å². The molecule has 0 aromatic rings. The Morgan fingerprint density at radius 2 is 1.68 bits per heavy atom. The van der Waals surface area contributed by atoms with Crippen LogP contribution in [0.25, 0.3) is 0 Å². The molecule has 1 rings (SSSR count). The first-order valence-electron chi connectivity index (χ1n) is 9.24. The fraction of sp³-hybridized carbons (Fsp3) is 0.800. The fourth-order valence-electron chi connectivity index (χ4n) is 3.38. The van der Waals surface area contributed by atoms with Gasteiger partial charge in [0.2, 0.25) is 0 Å². The number of aliphatic hydroxyl groups excluding tert-OH is 1. The smallest absolute Gasteiger partial charge is 0.0841 e. The van der Waals surface area contributed by atoms with Crippen LogP contribution in [0, 0.1) is 0 Å². The van der Waals surface area contributed by atoms with Crippen LogP contribution in [0.15, 0.2) is 23.8 Å². The Kier molecular flexibility index (Phi) is 10.4. The average Bonchev–Trinajstić information content (AvgIpc) is 2.46. The molecule has 0 aromatic heterocycles. The van der Waals surface area contributed by atoms with Gasteiger partial charge in [-0.3, -0.25) is 0 Å². The molecule has 0 heterocycles. The molecular weight excluding hydrogens is 460 g/mol. The minimum atomic E-state index is -1.81. The van der Waals surface area contributed by atoms with Crippen molar-refractivity contribution in [1.29, 1.82) is 0 Å². The van der Waals surface area contributed by atoms with Gasteiger partial charge >= 0.3 is 0 Å². The third kappa shape index (κ3) is 5.53. The summed E-state index contributed by atoms with van der Waals surface area (Å²) < 4.78 is 4.83. The maximum atomic E-state index is 11.2. The first kappa shape index (κ1) is 25.6. The molecule has 0 saturated heterocycles. The van der Waals surface area contributed by atoms with E-state index < -0.39 is 14.2 Å². The van der Waals surface area contributed by atoms with Crippen molar-refractivity contribution >= 4 is 39.9 Å². The van der Waals surface area contributed by atoms with Crippen LogP contribution in [-0.2, 0) is 4.74 Å². The molecule has 0 radical (unpaired) electrons. The Labute approximate surface area is 173 Å². The van der Waals surface area contributed by atoms with Gasteiger partial charge in [0.15, 0.2) is 0 Å². The number of hydrogen-bond donors (Lipinski definition) is 1. The summed E-state index contributed by atoms with van der Waals surface area (Å²) in [7, 11) is -1.81. The number of rotatable bonds is 5. The van der Waals surface area contributed by atoms with Crippen molar-refractivity contribution in [3.63, 3.8) is 0 Å². The molecule has 5 heteroatoms. The summed E-state index contributed by atoms with van der Waals surface area (Å²) in [6.45, 7) is 21.7.